The Hall–Kier alpha value is -3.46. The largest absolute Gasteiger partial charge is 0.313 e. The van der Waals surface area contributed by atoms with Crippen LogP contribution in [0.15, 0.2) is 79.0 Å². The predicted molar refractivity (Wildman–Crippen MR) is 107 cm³/mol. The monoisotopic (exact) mass is 353 g/mol. The molecule has 0 saturated carbocycles. The van der Waals surface area contributed by atoms with Crippen LogP contribution < -0.4 is 0 Å². The van der Waals surface area contributed by atoms with Crippen LogP contribution in [0.5, 0.6) is 0 Å². The number of benzene rings is 2. The van der Waals surface area contributed by atoms with Gasteiger partial charge in [0.25, 0.3) is 0 Å². The highest BCUT2D eigenvalue weighted by Gasteiger charge is 2.21. The molecule has 3 heteroatoms. The van der Waals surface area contributed by atoms with Crippen LogP contribution in [0.1, 0.15) is 43.1 Å². The van der Waals surface area contributed by atoms with E-state index in [4.69, 9.17) is 0 Å². The summed E-state index contributed by atoms with van der Waals surface area (Å²) in [6, 6.07) is 22.3. The average Bonchev–Trinajstić information content (AvgIpc) is 3.08. The molecule has 0 aliphatic rings. The van der Waals surface area contributed by atoms with Gasteiger partial charge in [-0.1, -0.05) is 65.7 Å². The fourth-order valence-electron chi connectivity index (χ4n) is 3.22. The number of carbonyl (C=O) groups is 2. The topological polar surface area (TPSA) is 38.5 Å². The summed E-state index contributed by atoms with van der Waals surface area (Å²) in [5, 5.41) is 0. The van der Waals surface area contributed by atoms with E-state index >= 15 is 0 Å². The van der Waals surface area contributed by atoms with Gasteiger partial charge in [-0.15, -0.1) is 0 Å². The summed E-state index contributed by atoms with van der Waals surface area (Å²) in [5.41, 5.74) is 5.19. The molecule has 4 aromatic rings. The molecule has 0 atom stereocenters. The fourth-order valence-corrected chi connectivity index (χ4v) is 3.22. The summed E-state index contributed by atoms with van der Waals surface area (Å²) in [5.74, 6) is -0.180. The zero-order valence-electron chi connectivity index (χ0n) is 15.3. The molecule has 0 N–H and O–H groups in total. The number of carbonyl (C=O) groups excluding carboxylic acids is 2. The maximum absolute atomic E-state index is 13.1. The molecule has 2 heterocycles. The lowest BCUT2D eigenvalue weighted by atomic mass is 10.0. The molecular weight excluding hydrogens is 334 g/mol. The van der Waals surface area contributed by atoms with Crippen molar-refractivity contribution in [3.05, 3.63) is 113 Å². The SMILES string of the molecule is Cc1ccc(C(=O)c2cc(C(=O)c3ccc(C)cc3)n3ccccc23)cc1. The summed E-state index contributed by atoms with van der Waals surface area (Å²) in [6.45, 7) is 3.97. The molecule has 0 aliphatic carbocycles. The number of pyridine rings is 1. The van der Waals surface area contributed by atoms with Gasteiger partial charge in [-0.05, 0) is 32.0 Å². The average molecular weight is 353 g/mol. The van der Waals surface area contributed by atoms with Gasteiger partial charge < -0.3 is 4.40 Å². The molecule has 27 heavy (non-hydrogen) atoms. The second-order valence-corrected chi connectivity index (χ2v) is 6.79. The Morgan fingerprint density at radius 1 is 0.704 bits per heavy atom. The standard InChI is InChI=1S/C24H19NO2/c1-16-6-10-18(11-7-16)23(26)20-15-22(25-14-4-3-5-21(20)25)24(27)19-12-8-17(2)9-13-19/h3-15H,1-2H3. The molecule has 0 amide bonds. The molecule has 0 spiro atoms. The van der Waals surface area contributed by atoms with Crippen LogP contribution >= 0.6 is 0 Å². The van der Waals surface area contributed by atoms with Gasteiger partial charge in [-0.25, -0.2) is 0 Å². The van der Waals surface area contributed by atoms with E-state index in [0.29, 0.717) is 22.4 Å². The lowest BCUT2D eigenvalue weighted by Gasteiger charge is -2.03. The lowest BCUT2D eigenvalue weighted by Crippen LogP contribution is -2.04. The van der Waals surface area contributed by atoms with E-state index in [1.54, 1.807) is 10.5 Å². The summed E-state index contributed by atoms with van der Waals surface area (Å²) in [4.78, 5) is 26.1. The molecule has 4 rings (SSSR count). The third-order valence-corrected chi connectivity index (χ3v) is 4.78. The van der Waals surface area contributed by atoms with Crippen LogP contribution in [-0.4, -0.2) is 16.0 Å². The van der Waals surface area contributed by atoms with Gasteiger partial charge >= 0.3 is 0 Å². The van der Waals surface area contributed by atoms with Gasteiger partial charge in [0.15, 0.2) is 5.78 Å². The smallest absolute Gasteiger partial charge is 0.209 e. The van der Waals surface area contributed by atoms with Crippen molar-refractivity contribution in [1.82, 2.24) is 4.40 Å². The first-order valence-corrected chi connectivity index (χ1v) is 8.87. The van der Waals surface area contributed by atoms with Crippen molar-refractivity contribution in [3.8, 4) is 0 Å². The molecule has 0 unspecified atom stereocenters. The highest BCUT2D eigenvalue weighted by molar-refractivity contribution is 6.16. The highest BCUT2D eigenvalue weighted by atomic mass is 16.1. The number of nitrogens with zero attached hydrogens (tertiary/aromatic N) is 1. The van der Waals surface area contributed by atoms with Gasteiger partial charge in [0.2, 0.25) is 5.78 Å². The predicted octanol–water partition coefficient (Wildman–Crippen LogP) is 5.02. The highest BCUT2D eigenvalue weighted by Crippen LogP contribution is 2.23. The van der Waals surface area contributed by atoms with E-state index in [1.807, 2.05) is 86.8 Å². The van der Waals surface area contributed by atoms with Crippen molar-refractivity contribution in [1.29, 1.82) is 0 Å². The van der Waals surface area contributed by atoms with Crippen molar-refractivity contribution in [2.24, 2.45) is 0 Å². The van der Waals surface area contributed by atoms with Crippen molar-refractivity contribution in [2.75, 3.05) is 0 Å². The van der Waals surface area contributed by atoms with Crippen LogP contribution in [0, 0.1) is 13.8 Å². The van der Waals surface area contributed by atoms with Gasteiger partial charge in [0.05, 0.1) is 11.2 Å². The minimum Gasteiger partial charge on any atom is -0.313 e. The number of ketones is 2. The number of fused-ring (bicyclic) bond motifs is 1. The Kier molecular flexibility index (Phi) is 4.21. The van der Waals surface area contributed by atoms with Crippen LogP contribution in [-0.2, 0) is 0 Å². The normalized spacial score (nSPS) is 10.9. The van der Waals surface area contributed by atoms with Crippen LogP contribution in [0.2, 0.25) is 0 Å². The first kappa shape index (κ1) is 17.0. The van der Waals surface area contributed by atoms with Crippen LogP contribution in [0.4, 0.5) is 0 Å². The minimum atomic E-state index is -0.0980. The first-order chi connectivity index (χ1) is 13.0. The molecular formula is C24H19NO2. The first-order valence-electron chi connectivity index (χ1n) is 8.87. The zero-order chi connectivity index (χ0) is 19.0. The summed E-state index contributed by atoms with van der Waals surface area (Å²) in [7, 11) is 0. The van der Waals surface area contributed by atoms with E-state index in [2.05, 4.69) is 0 Å². The quantitative estimate of drug-likeness (QED) is 0.483. The molecule has 2 aromatic heterocycles. The van der Waals surface area contributed by atoms with Crippen molar-refractivity contribution in [2.45, 2.75) is 13.8 Å². The molecule has 132 valence electrons. The zero-order valence-corrected chi connectivity index (χ0v) is 15.3. The minimum absolute atomic E-state index is 0.0818. The number of hydrogen-bond acceptors (Lipinski definition) is 2. The molecule has 0 radical (unpaired) electrons. The molecule has 0 fully saturated rings. The molecule has 2 aromatic carbocycles. The van der Waals surface area contributed by atoms with Gasteiger partial charge in [0, 0.05) is 22.9 Å². The van der Waals surface area contributed by atoms with Crippen molar-refractivity contribution in [3.63, 3.8) is 0 Å². The van der Waals surface area contributed by atoms with Crippen LogP contribution in [0.3, 0.4) is 0 Å². The van der Waals surface area contributed by atoms with Crippen molar-refractivity contribution >= 4 is 17.1 Å². The van der Waals surface area contributed by atoms with Gasteiger partial charge in [0.1, 0.15) is 0 Å². The summed E-state index contributed by atoms with van der Waals surface area (Å²) in [6.07, 6.45) is 1.82. The van der Waals surface area contributed by atoms with Gasteiger partial charge in [-0.2, -0.15) is 0 Å². The number of aromatic nitrogens is 1. The fraction of sp³-hybridized carbons (Fsp3) is 0.0833. The summed E-state index contributed by atoms with van der Waals surface area (Å²) >= 11 is 0. The Bertz CT molecular complexity index is 1060. The second kappa shape index (κ2) is 6.69. The van der Waals surface area contributed by atoms with Crippen LogP contribution in [0.25, 0.3) is 5.52 Å². The van der Waals surface area contributed by atoms with E-state index < -0.39 is 0 Å². The van der Waals surface area contributed by atoms with Crippen molar-refractivity contribution < 1.29 is 9.59 Å². The molecule has 3 nitrogen and oxygen atoms in total. The number of rotatable bonds is 4. The lowest BCUT2D eigenvalue weighted by molar-refractivity contribution is 0.103. The van der Waals surface area contributed by atoms with E-state index in [1.165, 1.54) is 0 Å². The molecule has 0 bridgehead atoms. The number of aryl methyl sites for hydroxylation is 2. The summed E-state index contributed by atoms with van der Waals surface area (Å²) < 4.78 is 1.80. The third-order valence-electron chi connectivity index (χ3n) is 4.78. The maximum atomic E-state index is 13.1. The Morgan fingerprint density at radius 2 is 1.26 bits per heavy atom. The maximum Gasteiger partial charge on any atom is 0.209 e. The second-order valence-electron chi connectivity index (χ2n) is 6.79. The Balaban J connectivity index is 1.84. The van der Waals surface area contributed by atoms with E-state index in [9.17, 15) is 9.59 Å². The molecule has 0 aliphatic heterocycles. The third kappa shape index (κ3) is 3.08. The van der Waals surface area contributed by atoms with Gasteiger partial charge in [-0.3, -0.25) is 9.59 Å². The molecule has 0 saturated heterocycles. The Morgan fingerprint density at radius 3 is 1.85 bits per heavy atom. The van der Waals surface area contributed by atoms with E-state index in [0.717, 1.165) is 16.6 Å². The Labute approximate surface area is 157 Å². The van der Waals surface area contributed by atoms with E-state index in [-0.39, 0.29) is 11.6 Å². The number of hydrogen-bond donors (Lipinski definition) is 0.